The second-order valence-corrected chi connectivity index (χ2v) is 10.8. The molecule has 9 nitrogen and oxygen atoms in total. The van der Waals surface area contributed by atoms with Crippen molar-refractivity contribution < 1.29 is 37.0 Å². The molecule has 1 saturated heterocycles. The Balaban J connectivity index is 1.32. The van der Waals surface area contributed by atoms with E-state index in [9.17, 15) is 27.6 Å². The molecule has 6 rings (SSSR count). The Bertz CT molecular complexity index is 1660. The lowest BCUT2D eigenvalue weighted by Gasteiger charge is -2.27. The normalized spacial score (nSPS) is 17.5. The van der Waals surface area contributed by atoms with Crippen molar-refractivity contribution >= 4 is 40.4 Å². The quantitative estimate of drug-likeness (QED) is 0.313. The summed E-state index contributed by atoms with van der Waals surface area (Å²) in [5.41, 5.74) is 3.66. The van der Waals surface area contributed by atoms with Crippen LogP contribution >= 0.6 is 0 Å². The summed E-state index contributed by atoms with van der Waals surface area (Å²) in [4.78, 5) is 42.3. The Morgan fingerprint density at radius 3 is 2.36 bits per heavy atom. The summed E-state index contributed by atoms with van der Waals surface area (Å²) in [5.74, 6) is -1.03. The fraction of sp³-hybridized carbons (Fsp3) is 0.281. The second kappa shape index (κ2) is 11.8. The summed E-state index contributed by atoms with van der Waals surface area (Å²) in [6.07, 6.45) is -4.52. The highest BCUT2D eigenvalue weighted by Gasteiger charge is 2.32. The van der Waals surface area contributed by atoms with E-state index in [4.69, 9.17) is 9.47 Å². The van der Waals surface area contributed by atoms with E-state index in [1.807, 2.05) is 18.2 Å². The van der Waals surface area contributed by atoms with Gasteiger partial charge in [0, 0.05) is 37.4 Å². The van der Waals surface area contributed by atoms with Crippen LogP contribution in [0.25, 0.3) is 11.3 Å². The van der Waals surface area contributed by atoms with Crippen LogP contribution < -0.4 is 10.6 Å². The van der Waals surface area contributed by atoms with Crippen molar-refractivity contribution in [2.24, 2.45) is 0 Å². The number of rotatable bonds is 6. The van der Waals surface area contributed by atoms with Gasteiger partial charge in [0.15, 0.2) is 0 Å². The third-order valence-corrected chi connectivity index (χ3v) is 7.95. The van der Waals surface area contributed by atoms with Crippen molar-refractivity contribution in [3.05, 3.63) is 94.0 Å². The van der Waals surface area contributed by atoms with Crippen LogP contribution in [0, 0.1) is 0 Å². The molecule has 0 spiro atoms. The van der Waals surface area contributed by atoms with Gasteiger partial charge in [0.25, 0.3) is 5.91 Å². The summed E-state index contributed by atoms with van der Waals surface area (Å²) in [6.45, 7) is 3.84. The van der Waals surface area contributed by atoms with Crippen molar-refractivity contribution in [3.63, 3.8) is 0 Å². The highest BCUT2D eigenvalue weighted by Crippen LogP contribution is 2.39. The van der Waals surface area contributed by atoms with Gasteiger partial charge in [-0.25, -0.2) is 4.79 Å². The molecule has 1 fully saturated rings. The van der Waals surface area contributed by atoms with Crippen molar-refractivity contribution in [2.75, 3.05) is 50.6 Å². The summed E-state index contributed by atoms with van der Waals surface area (Å²) in [5, 5.41) is 6.03. The van der Waals surface area contributed by atoms with Crippen LogP contribution in [0.5, 0.6) is 0 Å². The molecule has 3 heterocycles. The largest absolute Gasteiger partial charge is 0.465 e. The summed E-state index contributed by atoms with van der Waals surface area (Å²) in [6, 6.07) is 14.8. The predicted molar refractivity (Wildman–Crippen MR) is 156 cm³/mol. The van der Waals surface area contributed by atoms with Crippen LogP contribution in [0.15, 0.2) is 60.7 Å². The van der Waals surface area contributed by atoms with Crippen LogP contribution in [0.1, 0.15) is 38.2 Å². The molecular weight excluding hydrogens is 577 g/mol. The van der Waals surface area contributed by atoms with Gasteiger partial charge >= 0.3 is 12.1 Å². The number of alkyl halides is 3. The van der Waals surface area contributed by atoms with Gasteiger partial charge in [-0.1, -0.05) is 24.3 Å². The fourth-order valence-corrected chi connectivity index (χ4v) is 5.61. The number of hydrogen-bond donors (Lipinski definition) is 2. The maximum absolute atomic E-state index is 13.3. The highest BCUT2D eigenvalue weighted by atomic mass is 19.4. The molecule has 0 aliphatic carbocycles. The van der Waals surface area contributed by atoms with E-state index in [-0.39, 0.29) is 17.0 Å². The molecular formula is C32H29F3N4O5. The lowest BCUT2D eigenvalue weighted by atomic mass is 9.98. The maximum atomic E-state index is 13.3. The number of morpholine rings is 1. The highest BCUT2D eigenvalue weighted by molar-refractivity contribution is 6.37. The van der Waals surface area contributed by atoms with E-state index in [0.29, 0.717) is 74.1 Å². The first-order valence-electron chi connectivity index (χ1n) is 14.0. The van der Waals surface area contributed by atoms with Crippen LogP contribution in [0.4, 0.5) is 24.5 Å². The minimum atomic E-state index is -4.52. The minimum absolute atomic E-state index is 0.0238. The smallest absolute Gasteiger partial charge is 0.416 e. The van der Waals surface area contributed by atoms with E-state index in [2.05, 4.69) is 15.5 Å². The number of nitrogens with one attached hydrogen (secondary N) is 2. The number of ether oxygens (including phenoxy) is 2. The van der Waals surface area contributed by atoms with Gasteiger partial charge in [-0.15, -0.1) is 0 Å². The van der Waals surface area contributed by atoms with Crippen molar-refractivity contribution in [1.29, 1.82) is 0 Å². The third kappa shape index (κ3) is 5.90. The number of halogens is 3. The standard InChI is InChI=1S/C32H29F3N4O5/c1-43-31(42)20-5-9-25-26(15-20)37-30(41)28(25)29(19-2-6-23(7-3-19)32(33,34)35)36-24-8-4-21-16-39(17-22(21)14-24)27(40)18-38-10-12-44-13-11-38/h2-9,14-15,36H,10-13,16-18H2,1H3,(H,37,41)/b29-28-. The molecule has 228 valence electrons. The zero-order valence-electron chi connectivity index (χ0n) is 23.8. The Morgan fingerprint density at radius 2 is 1.66 bits per heavy atom. The van der Waals surface area contributed by atoms with Crippen LogP contribution in [-0.2, 0) is 38.3 Å². The number of anilines is 2. The van der Waals surface area contributed by atoms with Crippen molar-refractivity contribution in [2.45, 2.75) is 19.3 Å². The topological polar surface area (TPSA) is 100 Å². The zero-order valence-corrected chi connectivity index (χ0v) is 23.8. The monoisotopic (exact) mass is 606 g/mol. The number of amides is 2. The lowest BCUT2D eigenvalue weighted by molar-refractivity contribution is -0.137. The van der Waals surface area contributed by atoms with Crippen LogP contribution in [0.2, 0.25) is 0 Å². The van der Waals surface area contributed by atoms with E-state index in [0.717, 1.165) is 23.3 Å². The predicted octanol–water partition coefficient (Wildman–Crippen LogP) is 4.60. The van der Waals surface area contributed by atoms with Gasteiger partial charge in [0.1, 0.15) is 0 Å². The molecule has 3 aliphatic rings. The maximum Gasteiger partial charge on any atom is 0.416 e. The van der Waals surface area contributed by atoms with Gasteiger partial charge in [-0.05, 0) is 53.1 Å². The summed E-state index contributed by atoms with van der Waals surface area (Å²) < 4.78 is 50.2. The van der Waals surface area contributed by atoms with Crippen LogP contribution in [-0.4, -0.2) is 67.5 Å². The Hall–Kier alpha value is -4.68. The number of benzene rings is 3. The minimum Gasteiger partial charge on any atom is -0.465 e. The first-order chi connectivity index (χ1) is 21.1. The van der Waals surface area contributed by atoms with Gasteiger partial charge < -0.3 is 25.0 Å². The Morgan fingerprint density at radius 1 is 0.955 bits per heavy atom. The number of hydrogen-bond acceptors (Lipinski definition) is 7. The Labute approximate surface area is 251 Å². The van der Waals surface area contributed by atoms with Gasteiger partial charge in [-0.3, -0.25) is 14.5 Å². The van der Waals surface area contributed by atoms with E-state index in [1.54, 1.807) is 11.0 Å². The zero-order chi connectivity index (χ0) is 31.0. The van der Waals surface area contributed by atoms with Crippen molar-refractivity contribution in [3.8, 4) is 0 Å². The number of esters is 1. The summed E-state index contributed by atoms with van der Waals surface area (Å²) >= 11 is 0. The molecule has 3 aromatic carbocycles. The molecule has 3 aromatic rings. The lowest BCUT2D eigenvalue weighted by Crippen LogP contribution is -2.43. The van der Waals surface area contributed by atoms with E-state index in [1.165, 1.54) is 31.4 Å². The average Bonchev–Trinajstić information content (AvgIpc) is 3.59. The van der Waals surface area contributed by atoms with Gasteiger partial charge in [0.05, 0.1) is 55.0 Å². The average molecular weight is 607 g/mol. The van der Waals surface area contributed by atoms with Crippen molar-refractivity contribution in [1.82, 2.24) is 9.80 Å². The first kappa shape index (κ1) is 29.4. The number of carbonyl (C=O) groups excluding carboxylic acids is 3. The molecule has 44 heavy (non-hydrogen) atoms. The first-order valence-corrected chi connectivity index (χ1v) is 14.0. The van der Waals surface area contributed by atoms with Gasteiger partial charge in [0.2, 0.25) is 5.91 Å². The van der Waals surface area contributed by atoms with E-state index < -0.39 is 23.6 Å². The number of methoxy groups -OCH3 is 1. The SMILES string of the molecule is COC(=O)c1ccc2c(c1)NC(=O)/C2=C(\Nc1ccc2c(c1)CN(C(=O)CN1CCOCC1)C2)c1ccc(C(F)(F)F)cc1. The molecule has 0 atom stereocenters. The number of carbonyl (C=O) groups is 3. The molecule has 0 unspecified atom stereocenters. The number of nitrogens with zero attached hydrogens (tertiary/aromatic N) is 2. The molecule has 0 aromatic heterocycles. The molecule has 0 saturated carbocycles. The number of fused-ring (bicyclic) bond motifs is 2. The fourth-order valence-electron chi connectivity index (χ4n) is 5.61. The van der Waals surface area contributed by atoms with Gasteiger partial charge in [-0.2, -0.15) is 13.2 Å². The molecule has 0 bridgehead atoms. The third-order valence-electron chi connectivity index (χ3n) is 7.95. The van der Waals surface area contributed by atoms with Crippen LogP contribution in [0.3, 0.4) is 0 Å². The molecule has 12 heteroatoms. The second-order valence-electron chi connectivity index (χ2n) is 10.8. The molecule has 0 radical (unpaired) electrons. The molecule has 3 aliphatic heterocycles. The Kier molecular flexibility index (Phi) is 7.87. The molecule has 2 N–H and O–H groups in total. The summed E-state index contributed by atoms with van der Waals surface area (Å²) in [7, 11) is 1.25. The molecule has 2 amide bonds. The van der Waals surface area contributed by atoms with E-state index >= 15 is 0 Å².